The highest BCUT2D eigenvalue weighted by Gasteiger charge is 2.30. The lowest BCUT2D eigenvalue weighted by Crippen LogP contribution is -2.24. The molecule has 0 aliphatic heterocycles. The third kappa shape index (κ3) is 4.90. The molecule has 0 unspecified atom stereocenters. The quantitative estimate of drug-likeness (QED) is 0.718. The average molecular weight is 410 g/mol. The van der Waals surface area contributed by atoms with Gasteiger partial charge in [-0.05, 0) is 29.8 Å². The standard InChI is InChI=1S/C16H12Cl2F3NO2S/c17-10-14(22-25(23,24)13-7-2-1-3-8-13)15(18)11-5-4-6-12(9-11)16(19,20)21/h1-9,22H,10H2/b15-14-. The molecule has 0 atom stereocenters. The van der Waals surface area contributed by atoms with E-state index in [1.807, 2.05) is 0 Å². The first-order valence-corrected chi connectivity index (χ1v) is 9.25. The summed E-state index contributed by atoms with van der Waals surface area (Å²) in [5, 5.41) is -0.208. The van der Waals surface area contributed by atoms with Crippen molar-refractivity contribution in [2.75, 3.05) is 5.88 Å². The maximum absolute atomic E-state index is 12.8. The van der Waals surface area contributed by atoms with E-state index in [0.717, 1.165) is 12.1 Å². The predicted octanol–water partition coefficient (Wildman–Crippen LogP) is 4.83. The van der Waals surface area contributed by atoms with Gasteiger partial charge in [0, 0.05) is 0 Å². The van der Waals surface area contributed by atoms with Gasteiger partial charge in [0.05, 0.1) is 27.1 Å². The lowest BCUT2D eigenvalue weighted by Gasteiger charge is -2.13. The Morgan fingerprint density at radius 2 is 1.68 bits per heavy atom. The van der Waals surface area contributed by atoms with Gasteiger partial charge in [0.15, 0.2) is 0 Å². The van der Waals surface area contributed by atoms with Gasteiger partial charge in [-0.2, -0.15) is 13.2 Å². The van der Waals surface area contributed by atoms with E-state index >= 15 is 0 Å². The van der Waals surface area contributed by atoms with Crippen LogP contribution in [0.1, 0.15) is 11.1 Å². The van der Waals surface area contributed by atoms with E-state index in [9.17, 15) is 21.6 Å². The monoisotopic (exact) mass is 409 g/mol. The molecule has 0 aliphatic rings. The highest BCUT2D eigenvalue weighted by Crippen LogP contribution is 2.32. The van der Waals surface area contributed by atoms with E-state index in [-0.39, 0.29) is 27.1 Å². The van der Waals surface area contributed by atoms with E-state index < -0.39 is 21.8 Å². The number of sulfonamides is 1. The first kappa shape index (κ1) is 19.6. The summed E-state index contributed by atoms with van der Waals surface area (Å²) in [6.07, 6.45) is -4.54. The summed E-state index contributed by atoms with van der Waals surface area (Å²) in [4.78, 5) is -0.0221. The van der Waals surface area contributed by atoms with Gasteiger partial charge in [-0.1, -0.05) is 41.9 Å². The van der Waals surface area contributed by atoms with Crippen molar-refractivity contribution in [3.63, 3.8) is 0 Å². The van der Waals surface area contributed by atoms with Crippen molar-refractivity contribution >= 4 is 38.3 Å². The minimum Gasteiger partial charge on any atom is -0.281 e. The van der Waals surface area contributed by atoms with Crippen LogP contribution in [0.4, 0.5) is 13.2 Å². The summed E-state index contributed by atoms with van der Waals surface area (Å²) in [7, 11) is -3.96. The molecule has 0 aromatic heterocycles. The average Bonchev–Trinajstić information content (AvgIpc) is 2.59. The van der Waals surface area contributed by atoms with Gasteiger partial charge in [0.2, 0.25) is 0 Å². The van der Waals surface area contributed by atoms with Crippen molar-refractivity contribution in [3.8, 4) is 0 Å². The van der Waals surface area contributed by atoms with Crippen LogP contribution in [0.25, 0.3) is 5.03 Å². The van der Waals surface area contributed by atoms with Crippen LogP contribution in [0.15, 0.2) is 65.2 Å². The van der Waals surface area contributed by atoms with Gasteiger partial charge in [0.1, 0.15) is 0 Å². The van der Waals surface area contributed by atoms with Gasteiger partial charge in [-0.15, -0.1) is 11.6 Å². The smallest absolute Gasteiger partial charge is 0.281 e. The minimum atomic E-state index is -4.54. The Morgan fingerprint density at radius 1 is 1.04 bits per heavy atom. The van der Waals surface area contributed by atoms with Crippen molar-refractivity contribution in [1.29, 1.82) is 0 Å². The maximum atomic E-state index is 12.8. The van der Waals surface area contributed by atoms with Crippen LogP contribution in [0.3, 0.4) is 0 Å². The van der Waals surface area contributed by atoms with Gasteiger partial charge in [-0.3, -0.25) is 4.72 Å². The lowest BCUT2D eigenvalue weighted by atomic mass is 10.1. The molecule has 2 aromatic rings. The van der Waals surface area contributed by atoms with Crippen molar-refractivity contribution in [3.05, 3.63) is 71.4 Å². The molecule has 1 N–H and O–H groups in total. The molecule has 0 aliphatic carbocycles. The van der Waals surface area contributed by atoms with Crippen molar-refractivity contribution < 1.29 is 21.6 Å². The number of rotatable bonds is 5. The molecule has 0 saturated carbocycles. The van der Waals surface area contributed by atoms with E-state index in [0.29, 0.717) is 0 Å². The molecular formula is C16H12Cl2F3NO2S. The summed E-state index contributed by atoms with van der Waals surface area (Å²) in [6.45, 7) is 0. The molecular weight excluding hydrogens is 398 g/mol. The summed E-state index contributed by atoms with van der Waals surface area (Å²) < 4.78 is 65.3. The second-order valence-electron chi connectivity index (χ2n) is 4.92. The highest BCUT2D eigenvalue weighted by atomic mass is 35.5. The fraction of sp³-hybridized carbons (Fsp3) is 0.125. The number of halogens is 5. The van der Waals surface area contributed by atoms with Crippen LogP contribution in [0.5, 0.6) is 0 Å². The Hall–Kier alpha value is -1.70. The predicted molar refractivity (Wildman–Crippen MR) is 91.7 cm³/mol. The molecule has 3 nitrogen and oxygen atoms in total. The molecule has 134 valence electrons. The summed E-state index contributed by atoms with van der Waals surface area (Å²) in [5.41, 5.74) is -1.02. The molecule has 0 radical (unpaired) electrons. The molecule has 0 heterocycles. The molecule has 0 spiro atoms. The minimum absolute atomic E-state index is 0.00269. The lowest BCUT2D eigenvalue weighted by molar-refractivity contribution is -0.137. The number of benzene rings is 2. The Labute approximate surface area is 153 Å². The Kier molecular flexibility index (Phi) is 6.03. The second kappa shape index (κ2) is 7.68. The van der Waals surface area contributed by atoms with Gasteiger partial charge in [-0.25, -0.2) is 8.42 Å². The molecule has 0 bridgehead atoms. The van der Waals surface area contributed by atoms with E-state index in [4.69, 9.17) is 23.2 Å². The van der Waals surface area contributed by atoms with Crippen molar-refractivity contribution in [1.82, 2.24) is 4.72 Å². The van der Waals surface area contributed by atoms with Crippen molar-refractivity contribution in [2.24, 2.45) is 0 Å². The highest BCUT2D eigenvalue weighted by molar-refractivity contribution is 7.89. The molecule has 0 fully saturated rings. The molecule has 2 rings (SSSR count). The third-order valence-electron chi connectivity index (χ3n) is 3.15. The van der Waals surface area contributed by atoms with Crippen LogP contribution in [0, 0.1) is 0 Å². The first-order valence-electron chi connectivity index (χ1n) is 6.85. The zero-order chi connectivity index (χ0) is 18.7. The Morgan fingerprint density at radius 3 is 2.24 bits per heavy atom. The number of nitrogens with one attached hydrogen (secondary N) is 1. The van der Waals surface area contributed by atoms with Gasteiger partial charge >= 0.3 is 6.18 Å². The maximum Gasteiger partial charge on any atom is 0.416 e. The number of hydrogen-bond acceptors (Lipinski definition) is 2. The largest absolute Gasteiger partial charge is 0.416 e. The molecule has 25 heavy (non-hydrogen) atoms. The molecule has 2 aromatic carbocycles. The SMILES string of the molecule is O=S(=O)(N/C(CCl)=C(\Cl)c1cccc(C(F)(F)F)c1)c1ccccc1. The normalized spacial score (nSPS) is 13.3. The number of hydrogen-bond donors (Lipinski definition) is 1. The number of allylic oxidation sites excluding steroid dienone is 1. The third-order valence-corrected chi connectivity index (χ3v) is 5.27. The fourth-order valence-corrected chi connectivity index (χ4v) is 3.73. The number of alkyl halides is 4. The zero-order valence-corrected chi connectivity index (χ0v) is 14.8. The van der Waals surface area contributed by atoms with Gasteiger partial charge in [0.25, 0.3) is 10.0 Å². The van der Waals surface area contributed by atoms with E-state index in [1.165, 1.54) is 36.4 Å². The topological polar surface area (TPSA) is 46.2 Å². The van der Waals surface area contributed by atoms with E-state index in [2.05, 4.69) is 4.72 Å². The molecule has 9 heteroatoms. The molecule has 0 saturated heterocycles. The fourth-order valence-electron chi connectivity index (χ4n) is 1.96. The summed E-state index contributed by atoms with van der Waals surface area (Å²) in [5.74, 6) is -0.332. The zero-order valence-electron chi connectivity index (χ0n) is 12.5. The van der Waals surface area contributed by atoms with Crippen LogP contribution in [-0.2, 0) is 16.2 Å². The van der Waals surface area contributed by atoms with Crippen LogP contribution < -0.4 is 4.72 Å². The first-order chi connectivity index (χ1) is 11.6. The van der Waals surface area contributed by atoms with Crippen LogP contribution in [-0.4, -0.2) is 14.3 Å². The van der Waals surface area contributed by atoms with Crippen molar-refractivity contribution in [2.45, 2.75) is 11.1 Å². The van der Waals surface area contributed by atoms with Gasteiger partial charge < -0.3 is 0 Å². The second-order valence-corrected chi connectivity index (χ2v) is 7.25. The van der Waals surface area contributed by atoms with E-state index in [1.54, 1.807) is 6.07 Å². The summed E-state index contributed by atoms with van der Waals surface area (Å²) >= 11 is 11.8. The summed E-state index contributed by atoms with van der Waals surface area (Å²) in [6, 6.07) is 11.7. The Bertz CT molecular complexity index is 882. The Balaban J connectivity index is 2.42. The van der Waals surface area contributed by atoms with Crippen LogP contribution >= 0.6 is 23.2 Å². The molecule has 0 amide bonds. The van der Waals surface area contributed by atoms with Crippen LogP contribution in [0.2, 0.25) is 0 Å².